The van der Waals surface area contributed by atoms with Crippen molar-refractivity contribution in [3.05, 3.63) is 35.1 Å². The Balaban J connectivity index is 2.73. The first-order valence-electron chi connectivity index (χ1n) is 4.33. The molecule has 0 atom stereocenters. The highest BCUT2D eigenvalue weighted by Crippen LogP contribution is 2.11. The second-order valence-electron chi connectivity index (χ2n) is 2.77. The third-order valence-electron chi connectivity index (χ3n) is 1.81. The first-order valence-corrected chi connectivity index (χ1v) is 4.33. The van der Waals surface area contributed by atoms with E-state index in [0.717, 1.165) is 5.56 Å². The van der Waals surface area contributed by atoms with Crippen molar-refractivity contribution in [2.45, 2.75) is 20.1 Å². The first kappa shape index (κ1) is 10.2. The number of ether oxygens (including phenoxy) is 1. The van der Waals surface area contributed by atoms with Gasteiger partial charge in [-0.25, -0.2) is 4.39 Å². The summed E-state index contributed by atoms with van der Waals surface area (Å²) in [4.78, 5) is 0. The van der Waals surface area contributed by atoms with Crippen molar-refractivity contribution in [2.24, 2.45) is 5.73 Å². The van der Waals surface area contributed by atoms with Gasteiger partial charge in [0.05, 0.1) is 6.61 Å². The van der Waals surface area contributed by atoms with Gasteiger partial charge in [-0.2, -0.15) is 0 Å². The molecule has 0 aromatic heterocycles. The van der Waals surface area contributed by atoms with Crippen molar-refractivity contribution in [3.8, 4) is 0 Å². The molecule has 0 saturated carbocycles. The van der Waals surface area contributed by atoms with E-state index < -0.39 is 0 Å². The Morgan fingerprint density at radius 2 is 2.23 bits per heavy atom. The maximum absolute atomic E-state index is 13.2. The largest absolute Gasteiger partial charge is 0.377 e. The van der Waals surface area contributed by atoms with Crippen molar-refractivity contribution in [2.75, 3.05) is 6.61 Å². The van der Waals surface area contributed by atoms with E-state index in [-0.39, 0.29) is 5.82 Å². The Morgan fingerprint density at radius 1 is 1.46 bits per heavy atom. The molecule has 3 heteroatoms. The summed E-state index contributed by atoms with van der Waals surface area (Å²) >= 11 is 0. The molecular formula is C10H14FNO. The average Bonchev–Trinajstić information content (AvgIpc) is 2.16. The Bertz CT molecular complexity index is 276. The van der Waals surface area contributed by atoms with Crippen molar-refractivity contribution in [1.82, 2.24) is 0 Å². The fourth-order valence-corrected chi connectivity index (χ4v) is 1.05. The molecule has 0 fully saturated rings. The fraction of sp³-hybridized carbons (Fsp3) is 0.400. The minimum atomic E-state index is -0.239. The molecule has 0 aliphatic heterocycles. The van der Waals surface area contributed by atoms with Crippen molar-refractivity contribution >= 4 is 0 Å². The molecule has 0 bridgehead atoms. The Hall–Kier alpha value is -0.930. The molecule has 0 aliphatic rings. The number of rotatable bonds is 4. The predicted molar refractivity (Wildman–Crippen MR) is 49.6 cm³/mol. The average molecular weight is 183 g/mol. The van der Waals surface area contributed by atoms with Crippen molar-refractivity contribution in [3.63, 3.8) is 0 Å². The van der Waals surface area contributed by atoms with Gasteiger partial charge >= 0.3 is 0 Å². The van der Waals surface area contributed by atoms with E-state index in [4.69, 9.17) is 10.5 Å². The molecule has 1 aromatic carbocycles. The van der Waals surface area contributed by atoms with Crippen LogP contribution in [-0.2, 0) is 17.9 Å². The number of hydrogen-bond donors (Lipinski definition) is 1. The molecule has 0 saturated heterocycles. The van der Waals surface area contributed by atoms with Gasteiger partial charge in [-0.3, -0.25) is 0 Å². The SMILES string of the molecule is CCOCc1ccc(CN)cc1F. The molecular weight excluding hydrogens is 169 g/mol. The van der Waals surface area contributed by atoms with Crippen LogP contribution in [0.4, 0.5) is 4.39 Å². The third-order valence-corrected chi connectivity index (χ3v) is 1.81. The van der Waals surface area contributed by atoms with E-state index in [1.54, 1.807) is 6.07 Å². The Labute approximate surface area is 77.5 Å². The monoisotopic (exact) mass is 183 g/mol. The maximum atomic E-state index is 13.2. The zero-order chi connectivity index (χ0) is 9.68. The van der Waals surface area contributed by atoms with Crippen LogP contribution in [0, 0.1) is 5.82 Å². The Morgan fingerprint density at radius 3 is 2.77 bits per heavy atom. The van der Waals surface area contributed by atoms with Gasteiger partial charge in [-0.05, 0) is 18.6 Å². The van der Waals surface area contributed by atoms with Crippen LogP contribution >= 0.6 is 0 Å². The normalized spacial score (nSPS) is 10.4. The zero-order valence-corrected chi connectivity index (χ0v) is 7.72. The van der Waals surface area contributed by atoms with Crippen LogP contribution < -0.4 is 5.73 Å². The van der Waals surface area contributed by atoms with Gasteiger partial charge in [0, 0.05) is 18.7 Å². The summed E-state index contributed by atoms with van der Waals surface area (Å²) in [5, 5.41) is 0. The standard InChI is InChI=1S/C10H14FNO/c1-2-13-7-9-4-3-8(6-12)5-10(9)11/h3-5H,2,6-7,12H2,1H3. The molecule has 1 rings (SSSR count). The van der Waals surface area contributed by atoms with Gasteiger partial charge in [0.15, 0.2) is 0 Å². The van der Waals surface area contributed by atoms with Crippen LogP contribution in [0.25, 0.3) is 0 Å². The molecule has 0 radical (unpaired) electrons. The van der Waals surface area contributed by atoms with E-state index in [1.807, 2.05) is 13.0 Å². The lowest BCUT2D eigenvalue weighted by molar-refractivity contribution is 0.131. The lowest BCUT2D eigenvalue weighted by Gasteiger charge is -2.04. The smallest absolute Gasteiger partial charge is 0.129 e. The maximum Gasteiger partial charge on any atom is 0.129 e. The van der Waals surface area contributed by atoms with Gasteiger partial charge in [0.1, 0.15) is 5.82 Å². The number of halogens is 1. The second kappa shape index (κ2) is 4.94. The van der Waals surface area contributed by atoms with Crippen LogP contribution in [0.5, 0.6) is 0 Å². The van der Waals surface area contributed by atoms with Gasteiger partial charge < -0.3 is 10.5 Å². The van der Waals surface area contributed by atoms with Crippen LogP contribution in [0.1, 0.15) is 18.1 Å². The van der Waals surface area contributed by atoms with E-state index >= 15 is 0 Å². The van der Waals surface area contributed by atoms with Crippen LogP contribution in [-0.4, -0.2) is 6.61 Å². The lowest BCUT2D eigenvalue weighted by atomic mass is 10.1. The quantitative estimate of drug-likeness (QED) is 0.772. The Kier molecular flexibility index (Phi) is 3.86. The summed E-state index contributed by atoms with van der Waals surface area (Å²) in [6.07, 6.45) is 0. The summed E-state index contributed by atoms with van der Waals surface area (Å²) < 4.78 is 18.3. The molecule has 0 aliphatic carbocycles. The molecule has 0 unspecified atom stereocenters. The summed E-state index contributed by atoms with van der Waals surface area (Å²) in [6, 6.07) is 4.99. The van der Waals surface area contributed by atoms with Gasteiger partial charge in [0.2, 0.25) is 0 Å². The summed E-state index contributed by atoms with van der Waals surface area (Å²) in [5.74, 6) is -0.239. The van der Waals surface area contributed by atoms with E-state index in [1.165, 1.54) is 6.07 Å². The van der Waals surface area contributed by atoms with Gasteiger partial charge in [-0.1, -0.05) is 12.1 Å². The van der Waals surface area contributed by atoms with E-state index in [2.05, 4.69) is 0 Å². The van der Waals surface area contributed by atoms with Gasteiger partial charge in [-0.15, -0.1) is 0 Å². The highest BCUT2D eigenvalue weighted by molar-refractivity contribution is 5.23. The van der Waals surface area contributed by atoms with E-state index in [9.17, 15) is 4.39 Å². The van der Waals surface area contributed by atoms with E-state index in [0.29, 0.717) is 25.3 Å². The molecule has 13 heavy (non-hydrogen) atoms. The summed E-state index contributed by atoms with van der Waals surface area (Å²) in [7, 11) is 0. The number of hydrogen-bond acceptors (Lipinski definition) is 2. The van der Waals surface area contributed by atoms with Crippen LogP contribution in [0.2, 0.25) is 0 Å². The van der Waals surface area contributed by atoms with Gasteiger partial charge in [0.25, 0.3) is 0 Å². The number of benzene rings is 1. The molecule has 72 valence electrons. The molecule has 0 amide bonds. The molecule has 0 spiro atoms. The minimum Gasteiger partial charge on any atom is -0.377 e. The lowest BCUT2D eigenvalue weighted by Crippen LogP contribution is -2.00. The van der Waals surface area contributed by atoms with Crippen molar-refractivity contribution < 1.29 is 9.13 Å². The molecule has 2 nitrogen and oxygen atoms in total. The second-order valence-corrected chi connectivity index (χ2v) is 2.77. The van der Waals surface area contributed by atoms with Crippen LogP contribution in [0.3, 0.4) is 0 Å². The minimum absolute atomic E-state index is 0.239. The summed E-state index contributed by atoms with van der Waals surface area (Å²) in [6.45, 7) is 3.17. The molecule has 0 heterocycles. The first-order chi connectivity index (χ1) is 6.27. The molecule has 2 N–H and O–H groups in total. The summed E-state index contributed by atoms with van der Waals surface area (Å²) in [5.41, 5.74) is 6.76. The highest BCUT2D eigenvalue weighted by Gasteiger charge is 2.02. The zero-order valence-electron chi connectivity index (χ0n) is 7.72. The topological polar surface area (TPSA) is 35.2 Å². The fourth-order valence-electron chi connectivity index (χ4n) is 1.05. The predicted octanol–water partition coefficient (Wildman–Crippen LogP) is 1.82. The third kappa shape index (κ3) is 2.79. The highest BCUT2D eigenvalue weighted by atomic mass is 19.1. The number of nitrogens with two attached hydrogens (primary N) is 1. The van der Waals surface area contributed by atoms with Crippen molar-refractivity contribution in [1.29, 1.82) is 0 Å². The molecule has 1 aromatic rings. The van der Waals surface area contributed by atoms with Crippen LogP contribution in [0.15, 0.2) is 18.2 Å².